The predicted molar refractivity (Wildman–Crippen MR) is 96.8 cm³/mol. The van der Waals surface area contributed by atoms with E-state index in [-0.39, 0.29) is 22.9 Å². The van der Waals surface area contributed by atoms with Crippen LogP contribution >= 0.6 is 0 Å². The summed E-state index contributed by atoms with van der Waals surface area (Å²) in [5.74, 6) is 2.72. The fourth-order valence-corrected chi connectivity index (χ4v) is 7.31. The quantitative estimate of drug-likeness (QED) is 0.648. The fraction of sp³-hybridized carbons (Fsp3) is 0.818. The Morgan fingerprint density at radius 2 is 1.92 bits per heavy atom. The minimum atomic E-state index is -0.132. The Morgan fingerprint density at radius 1 is 1.16 bits per heavy atom. The van der Waals surface area contributed by atoms with Gasteiger partial charge >= 0.3 is 5.97 Å². The van der Waals surface area contributed by atoms with Crippen LogP contribution in [0.5, 0.6) is 0 Å². The monoisotopic (exact) mass is 344 g/mol. The predicted octanol–water partition coefficient (Wildman–Crippen LogP) is 4.70. The summed E-state index contributed by atoms with van der Waals surface area (Å²) in [6, 6.07) is 0. The first kappa shape index (κ1) is 17.3. The van der Waals surface area contributed by atoms with E-state index in [4.69, 9.17) is 4.74 Å². The second-order valence-electron chi connectivity index (χ2n) is 9.76. The first-order chi connectivity index (χ1) is 11.8. The number of carbonyl (C=O) groups is 2. The van der Waals surface area contributed by atoms with Gasteiger partial charge in [0.05, 0.1) is 0 Å². The van der Waals surface area contributed by atoms with Gasteiger partial charge in [-0.05, 0) is 73.7 Å². The van der Waals surface area contributed by atoms with Crippen molar-refractivity contribution in [3.63, 3.8) is 0 Å². The Hall–Kier alpha value is -1.12. The van der Waals surface area contributed by atoms with Crippen molar-refractivity contribution in [1.82, 2.24) is 0 Å². The molecule has 0 amide bonds. The van der Waals surface area contributed by atoms with E-state index < -0.39 is 0 Å². The molecular weight excluding hydrogens is 312 g/mol. The highest BCUT2D eigenvalue weighted by Crippen LogP contribution is 2.66. The molecule has 0 heterocycles. The van der Waals surface area contributed by atoms with Gasteiger partial charge in [-0.3, -0.25) is 9.59 Å². The molecule has 0 aromatic heterocycles. The molecule has 0 radical (unpaired) electrons. The molecule has 0 spiro atoms. The van der Waals surface area contributed by atoms with Gasteiger partial charge in [-0.15, -0.1) is 0 Å². The van der Waals surface area contributed by atoms with E-state index in [9.17, 15) is 9.59 Å². The molecular formula is C22H32O3. The normalized spacial score (nSPS) is 48.9. The number of carbonyl (C=O) groups excluding carboxylic acids is 2. The minimum Gasteiger partial charge on any atom is -0.462 e. The van der Waals surface area contributed by atoms with Crippen molar-refractivity contribution in [3.05, 3.63) is 11.6 Å². The third-order valence-corrected chi connectivity index (χ3v) is 8.49. The molecule has 0 aromatic carbocycles. The van der Waals surface area contributed by atoms with Crippen LogP contribution in [-0.2, 0) is 14.3 Å². The van der Waals surface area contributed by atoms with Crippen LogP contribution in [0, 0.1) is 34.5 Å². The first-order valence-corrected chi connectivity index (χ1v) is 10.2. The summed E-state index contributed by atoms with van der Waals surface area (Å²) in [7, 11) is 0. The summed E-state index contributed by atoms with van der Waals surface area (Å²) in [5, 5.41) is 0. The number of ether oxygens (including phenoxy) is 1. The first-order valence-electron chi connectivity index (χ1n) is 10.2. The molecule has 3 nitrogen and oxygen atoms in total. The fourth-order valence-electron chi connectivity index (χ4n) is 7.31. The molecule has 4 rings (SSSR count). The van der Waals surface area contributed by atoms with Gasteiger partial charge in [0, 0.05) is 18.8 Å². The Kier molecular flexibility index (Phi) is 3.94. The van der Waals surface area contributed by atoms with Crippen LogP contribution in [-0.4, -0.2) is 17.9 Å². The lowest BCUT2D eigenvalue weighted by Crippen LogP contribution is -2.51. The molecule has 0 aliphatic heterocycles. The number of fused-ring (bicyclic) bond motifs is 5. The van der Waals surface area contributed by atoms with Gasteiger partial charge in [0.1, 0.15) is 6.10 Å². The Labute approximate surface area is 151 Å². The Balaban J connectivity index is 1.65. The maximum atomic E-state index is 11.9. The van der Waals surface area contributed by atoms with Gasteiger partial charge in [-0.2, -0.15) is 0 Å². The molecule has 0 bridgehead atoms. The number of hydrogen-bond acceptors (Lipinski definition) is 3. The topological polar surface area (TPSA) is 43.4 Å². The summed E-state index contributed by atoms with van der Waals surface area (Å²) < 4.78 is 5.83. The molecule has 138 valence electrons. The molecule has 0 saturated heterocycles. The van der Waals surface area contributed by atoms with Crippen molar-refractivity contribution < 1.29 is 14.3 Å². The number of allylic oxidation sites excluding steroid dienone is 1. The second-order valence-corrected chi connectivity index (χ2v) is 9.76. The largest absolute Gasteiger partial charge is 0.462 e. The lowest BCUT2D eigenvalue weighted by atomic mass is 9.47. The van der Waals surface area contributed by atoms with E-state index in [2.05, 4.69) is 20.8 Å². The molecule has 0 N–H and O–H groups in total. The Morgan fingerprint density at radius 3 is 2.64 bits per heavy atom. The lowest BCUT2D eigenvalue weighted by Gasteiger charge is -2.57. The second kappa shape index (κ2) is 5.69. The van der Waals surface area contributed by atoms with E-state index >= 15 is 0 Å². The zero-order valence-corrected chi connectivity index (χ0v) is 16.1. The highest BCUT2D eigenvalue weighted by atomic mass is 16.5. The third-order valence-electron chi connectivity index (χ3n) is 8.49. The molecule has 3 heteroatoms. The van der Waals surface area contributed by atoms with Crippen LogP contribution in [0.15, 0.2) is 11.6 Å². The average Bonchev–Trinajstić information content (AvgIpc) is 2.79. The van der Waals surface area contributed by atoms with Gasteiger partial charge in [0.25, 0.3) is 0 Å². The molecule has 4 aliphatic rings. The van der Waals surface area contributed by atoms with Gasteiger partial charge < -0.3 is 4.74 Å². The SMILES string of the molecule is CC(=O)O[C@H]1[C@@H](C)C[C@H]2[C@@H]3CCC4=CC(=O)CC[C@]4(C)[C@H]3CC[C@@]21C. The van der Waals surface area contributed by atoms with Gasteiger partial charge in [0.15, 0.2) is 5.78 Å². The zero-order valence-electron chi connectivity index (χ0n) is 16.1. The number of rotatable bonds is 1. The zero-order chi connectivity index (χ0) is 18.0. The van der Waals surface area contributed by atoms with E-state index in [1.165, 1.54) is 24.8 Å². The van der Waals surface area contributed by atoms with Crippen molar-refractivity contribution in [1.29, 1.82) is 0 Å². The summed E-state index contributed by atoms with van der Waals surface area (Å²) in [6.07, 6.45) is 9.65. The number of hydrogen-bond donors (Lipinski definition) is 0. The van der Waals surface area contributed by atoms with E-state index in [0.717, 1.165) is 31.6 Å². The number of esters is 1. The van der Waals surface area contributed by atoms with Crippen molar-refractivity contribution in [2.45, 2.75) is 78.7 Å². The summed E-state index contributed by atoms with van der Waals surface area (Å²) >= 11 is 0. The van der Waals surface area contributed by atoms with E-state index in [0.29, 0.717) is 23.5 Å². The van der Waals surface area contributed by atoms with Crippen LogP contribution in [0.4, 0.5) is 0 Å². The average molecular weight is 344 g/mol. The molecule has 7 atom stereocenters. The van der Waals surface area contributed by atoms with Crippen LogP contribution in [0.1, 0.15) is 72.6 Å². The minimum absolute atomic E-state index is 0.0774. The van der Waals surface area contributed by atoms with E-state index in [1.54, 1.807) is 6.92 Å². The van der Waals surface area contributed by atoms with Gasteiger partial charge in [-0.25, -0.2) is 0 Å². The van der Waals surface area contributed by atoms with E-state index in [1.807, 2.05) is 6.08 Å². The van der Waals surface area contributed by atoms with Crippen molar-refractivity contribution in [3.8, 4) is 0 Å². The summed E-state index contributed by atoms with van der Waals surface area (Å²) in [6.45, 7) is 8.61. The van der Waals surface area contributed by atoms with Crippen molar-refractivity contribution in [2.24, 2.45) is 34.5 Å². The summed E-state index contributed by atoms with van der Waals surface area (Å²) in [4.78, 5) is 23.6. The Bertz CT molecular complexity index is 635. The van der Waals surface area contributed by atoms with Crippen LogP contribution in [0.2, 0.25) is 0 Å². The molecule has 0 aromatic rings. The maximum Gasteiger partial charge on any atom is 0.302 e. The molecule has 3 saturated carbocycles. The number of ketones is 1. The lowest BCUT2D eigenvalue weighted by molar-refractivity contribution is -0.159. The smallest absolute Gasteiger partial charge is 0.302 e. The molecule has 3 fully saturated rings. The van der Waals surface area contributed by atoms with Crippen molar-refractivity contribution >= 4 is 11.8 Å². The van der Waals surface area contributed by atoms with Crippen LogP contribution in [0.25, 0.3) is 0 Å². The highest BCUT2D eigenvalue weighted by molar-refractivity contribution is 5.91. The van der Waals surface area contributed by atoms with Crippen LogP contribution in [0.3, 0.4) is 0 Å². The highest BCUT2D eigenvalue weighted by Gasteiger charge is 2.61. The van der Waals surface area contributed by atoms with Crippen LogP contribution < -0.4 is 0 Å². The molecule has 0 unspecified atom stereocenters. The summed E-state index contributed by atoms with van der Waals surface area (Å²) in [5.41, 5.74) is 1.78. The van der Waals surface area contributed by atoms with Gasteiger partial charge in [0.2, 0.25) is 0 Å². The standard InChI is InChI=1S/C22H32O3/c1-13-11-19-17-6-5-15-12-16(24)7-9-21(15,3)18(17)8-10-22(19,4)20(13)25-14(2)23/h12-13,17-20H,5-11H2,1-4H3/t13-,17+,18-,19-,20-,21-,22-/m0/s1. The third kappa shape index (κ3) is 2.44. The maximum absolute atomic E-state index is 11.9. The molecule has 25 heavy (non-hydrogen) atoms. The van der Waals surface area contributed by atoms with Gasteiger partial charge in [-0.1, -0.05) is 26.3 Å². The molecule has 4 aliphatic carbocycles. The van der Waals surface area contributed by atoms with Crippen molar-refractivity contribution in [2.75, 3.05) is 0 Å².